The summed E-state index contributed by atoms with van der Waals surface area (Å²) in [6, 6.07) is 14.6. The van der Waals surface area contributed by atoms with Gasteiger partial charge in [0.15, 0.2) is 11.5 Å². The van der Waals surface area contributed by atoms with Crippen LogP contribution < -0.4 is 19.7 Å². The maximum absolute atomic E-state index is 13.8. The zero-order valence-corrected chi connectivity index (χ0v) is 20.7. The summed E-state index contributed by atoms with van der Waals surface area (Å²) in [6.45, 7) is 1.26. The third-order valence-electron chi connectivity index (χ3n) is 6.85. The van der Waals surface area contributed by atoms with Crippen molar-refractivity contribution in [1.82, 2.24) is 15.1 Å². The number of amides is 2. The van der Waals surface area contributed by atoms with Gasteiger partial charge < -0.3 is 19.7 Å². The van der Waals surface area contributed by atoms with Crippen LogP contribution in [0.5, 0.6) is 11.5 Å². The van der Waals surface area contributed by atoms with Crippen molar-refractivity contribution in [3.8, 4) is 17.2 Å². The standard InChI is InChI=1S/C28H23F3N4O4/c1-28(30,31)27(37)33-21-14-25(36)34(26(21)16-2-9-23-24(13-16)39-11-10-38-23)20-7-8-22-17(12-20)15-32-35(22)19-5-3-18(29)4-6-19/h2-9,12-13,15,21,26H,10-11,14H2,1H3,(H,33,37)/t21-,26+/m1/s1. The van der Waals surface area contributed by atoms with Crippen LogP contribution in [0.25, 0.3) is 16.6 Å². The molecule has 3 aromatic carbocycles. The smallest absolute Gasteiger partial charge is 0.321 e. The fourth-order valence-electron chi connectivity index (χ4n) is 5.05. The molecule has 0 radical (unpaired) electrons. The normalized spacial score (nSPS) is 19.0. The number of aromatic nitrogens is 2. The maximum Gasteiger partial charge on any atom is 0.321 e. The molecule has 200 valence electrons. The molecule has 4 aromatic rings. The quantitative estimate of drug-likeness (QED) is 0.405. The van der Waals surface area contributed by atoms with E-state index in [2.05, 4.69) is 10.4 Å². The summed E-state index contributed by atoms with van der Waals surface area (Å²) in [4.78, 5) is 27.1. The molecule has 11 heteroatoms. The summed E-state index contributed by atoms with van der Waals surface area (Å²) in [5, 5.41) is 7.49. The van der Waals surface area contributed by atoms with Gasteiger partial charge >= 0.3 is 5.92 Å². The van der Waals surface area contributed by atoms with Gasteiger partial charge in [0.25, 0.3) is 5.91 Å². The van der Waals surface area contributed by atoms with Crippen molar-refractivity contribution < 1.29 is 32.2 Å². The van der Waals surface area contributed by atoms with Gasteiger partial charge in [0.05, 0.1) is 29.5 Å². The molecule has 0 spiro atoms. The van der Waals surface area contributed by atoms with Crippen LogP contribution in [0, 0.1) is 5.82 Å². The van der Waals surface area contributed by atoms with Crippen molar-refractivity contribution >= 4 is 28.4 Å². The second-order valence-corrected chi connectivity index (χ2v) is 9.56. The number of alkyl halides is 2. The molecule has 2 atom stereocenters. The lowest BCUT2D eigenvalue weighted by molar-refractivity contribution is -0.143. The molecular formula is C28H23F3N4O4. The van der Waals surface area contributed by atoms with Crippen molar-refractivity contribution in [1.29, 1.82) is 0 Å². The van der Waals surface area contributed by atoms with Gasteiger partial charge in [-0.1, -0.05) is 6.07 Å². The first-order chi connectivity index (χ1) is 18.7. The Balaban J connectivity index is 1.40. The van der Waals surface area contributed by atoms with Gasteiger partial charge in [-0.05, 0) is 60.2 Å². The van der Waals surface area contributed by atoms with Crippen LogP contribution in [0.1, 0.15) is 24.9 Å². The van der Waals surface area contributed by atoms with Crippen molar-refractivity contribution in [2.75, 3.05) is 18.1 Å². The van der Waals surface area contributed by atoms with Gasteiger partial charge in [-0.25, -0.2) is 9.07 Å². The second-order valence-electron chi connectivity index (χ2n) is 9.56. The molecule has 1 N–H and O–H groups in total. The minimum Gasteiger partial charge on any atom is -0.486 e. The molecule has 0 unspecified atom stereocenters. The van der Waals surface area contributed by atoms with E-state index < -0.39 is 23.9 Å². The highest BCUT2D eigenvalue weighted by molar-refractivity contribution is 6.00. The Labute approximate surface area is 220 Å². The molecule has 6 rings (SSSR count). The van der Waals surface area contributed by atoms with Crippen LogP contribution in [-0.2, 0) is 9.59 Å². The number of anilines is 1. The van der Waals surface area contributed by atoms with E-state index in [1.54, 1.807) is 59.4 Å². The van der Waals surface area contributed by atoms with E-state index in [0.29, 0.717) is 54.0 Å². The van der Waals surface area contributed by atoms with Gasteiger partial charge in [-0.2, -0.15) is 13.9 Å². The molecule has 2 aliphatic heterocycles. The van der Waals surface area contributed by atoms with Crippen LogP contribution in [0.4, 0.5) is 18.9 Å². The second kappa shape index (κ2) is 9.33. The molecule has 1 saturated heterocycles. The summed E-state index contributed by atoms with van der Waals surface area (Å²) in [5.41, 5.74) is 2.49. The van der Waals surface area contributed by atoms with E-state index >= 15 is 0 Å². The topological polar surface area (TPSA) is 85.7 Å². The highest BCUT2D eigenvalue weighted by Gasteiger charge is 2.45. The fraction of sp³-hybridized carbons (Fsp3) is 0.250. The van der Waals surface area contributed by atoms with E-state index in [1.807, 2.05) is 0 Å². The minimum atomic E-state index is -3.61. The summed E-state index contributed by atoms with van der Waals surface area (Å²) in [6.07, 6.45) is 1.45. The van der Waals surface area contributed by atoms with Crippen molar-refractivity contribution in [2.24, 2.45) is 0 Å². The monoisotopic (exact) mass is 536 g/mol. The lowest BCUT2D eigenvalue weighted by Crippen LogP contribution is -2.46. The number of carbonyl (C=O) groups is 2. The Morgan fingerprint density at radius 3 is 2.46 bits per heavy atom. The van der Waals surface area contributed by atoms with Crippen LogP contribution in [0.3, 0.4) is 0 Å². The van der Waals surface area contributed by atoms with Gasteiger partial charge in [0, 0.05) is 24.4 Å². The Morgan fingerprint density at radius 1 is 1.00 bits per heavy atom. The lowest BCUT2D eigenvalue weighted by atomic mass is 9.98. The first kappa shape index (κ1) is 24.8. The molecule has 1 aromatic heterocycles. The SMILES string of the molecule is CC(F)(F)C(=O)N[C@@H]1CC(=O)N(c2ccc3c(cnn3-c3ccc(F)cc3)c2)[C@H]1c1ccc2c(c1)OCCO2. The summed E-state index contributed by atoms with van der Waals surface area (Å²) >= 11 is 0. The molecule has 1 fully saturated rings. The number of carbonyl (C=O) groups excluding carboxylic acids is 2. The third kappa shape index (κ3) is 4.53. The number of nitrogens with one attached hydrogen (secondary N) is 1. The number of fused-ring (bicyclic) bond motifs is 2. The first-order valence-corrected chi connectivity index (χ1v) is 12.3. The number of nitrogens with zero attached hydrogens (tertiary/aromatic N) is 3. The van der Waals surface area contributed by atoms with Crippen LogP contribution in [0.2, 0.25) is 0 Å². The molecular weight excluding hydrogens is 513 g/mol. The molecule has 2 amide bonds. The predicted octanol–water partition coefficient (Wildman–Crippen LogP) is 4.55. The van der Waals surface area contributed by atoms with Crippen LogP contribution >= 0.6 is 0 Å². The van der Waals surface area contributed by atoms with Crippen LogP contribution in [0.15, 0.2) is 66.9 Å². The molecule has 0 bridgehead atoms. The van der Waals surface area contributed by atoms with Crippen molar-refractivity contribution in [3.63, 3.8) is 0 Å². The van der Waals surface area contributed by atoms with Gasteiger partial charge in [0.2, 0.25) is 5.91 Å². The fourth-order valence-corrected chi connectivity index (χ4v) is 5.05. The Morgan fingerprint density at radius 2 is 1.72 bits per heavy atom. The van der Waals surface area contributed by atoms with Gasteiger partial charge in [0.1, 0.15) is 19.0 Å². The van der Waals surface area contributed by atoms with E-state index in [0.717, 1.165) is 5.52 Å². The highest BCUT2D eigenvalue weighted by atomic mass is 19.3. The number of hydrogen-bond donors (Lipinski definition) is 1. The molecule has 0 saturated carbocycles. The highest BCUT2D eigenvalue weighted by Crippen LogP contribution is 2.42. The minimum absolute atomic E-state index is 0.173. The number of halogens is 3. The Kier molecular flexibility index (Phi) is 5.93. The average molecular weight is 537 g/mol. The zero-order valence-electron chi connectivity index (χ0n) is 20.7. The van der Waals surface area contributed by atoms with E-state index in [1.165, 1.54) is 17.0 Å². The molecule has 39 heavy (non-hydrogen) atoms. The van der Waals surface area contributed by atoms with Crippen LogP contribution in [-0.4, -0.2) is 46.8 Å². The van der Waals surface area contributed by atoms with Crippen molar-refractivity contribution in [2.45, 2.75) is 31.4 Å². The van der Waals surface area contributed by atoms with E-state index in [9.17, 15) is 22.8 Å². The summed E-state index contributed by atoms with van der Waals surface area (Å²) in [5.74, 6) is -4.76. The Bertz CT molecular complexity index is 1580. The molecule has 8 nitrogen and oxygen atoms in total. The predicted molar refractivity (Wildman–Crippen MR) is 136 cm³/mol. The van der Waals surface area contributed by atoms with Gasteiger partial charge in [-0.3, -0.25) is 9.59 Å². The van der Waals surface area contributed by atoms with Gasteiger partial charge in [-0.15, -0.1) is 0 Å². The summed E-state index contributed by atoms with van der Waals surface area (Å²) in [7, 11) is 0. The van der Waals surface area contributed by atoms with E-state index in [4.69, 9.17) is 9.47 Å². The number of rotatable bonds is 5. The lowest BCUT2D eigenvalue weighted by Gasteiger charge is -2.30. The number of ether oxygens (including phenoxy) is 2. The molecule has 3 heterocycles. The number of benzene rings is 3. The third-order valence-corrected chi connectivity index (χ3v) is 6.85. The summed E-state index contributed by atoms with van der Waals surface area (Å²) < 4.78 is 54.0. The zero-order chi connectivity index (χ0) is 27.3. The largest absolute Gasteiger partial charge is 0.486 e. The maximum atomic E-state index is 13.8. The number of hydrogen-bond acceptors (Lipinski definition) is 5. The first-order valence-electron chi connectivity index (χ1n) is 12.3. The molecule has 0 aliphatic carbocycles. The molecule has 2 aliphatic rings. The van der Waals surface area contributed by atoms with E-state index in [-0.39, 0.29) is 18.1 Å². The van der Waals surface area contributed by atoms with Crippen molar-refractivity contribution in [3.05, 3.63) is 78.2 Å². The Hall–Kier alpha value is -4.54. The average Bonchev–Trinajstić information content (AvgIpc) is 3.48.